The molecule has 0 unspecified atom stereocenters. The minimum Gasteiger partial charge on any atom is -0.359 e. The second-order valence-electron chi connectivity index (χ2n) is 11.6. The first-order valence-electron chi connectivity index (χ1n) is 14.5. The molecule has 4 aliphatic rings. The second kappa shape index (κ2) is 11.2. The van der Waals surface area contributed by atoms with E-state index in [4.69, 9.17) is 16.3 Å². The molecule has 212 valence electrons. The predicted molar refractivity (Wildman–Crippen MR) is 151 cm³/mol. The van der Waals surface area contributed by atoms with Crippen molar-refractivity contribution in [3.8, 4) is 0 Å². The molecule has 1 aliphatic carbocycles. The van der Waals surface area contributed by atoms with Crippen LogP contribution < -0.4 is 10.6 Å². The molecule has 8 atom stereocenters. The maximum atomic E-state index is 14.1. The van der Waals surface area contributed by atoms with Gasteiger partial charge in [-0.25, -0.2) is 0 Å². The molecule has 39 heavy (non-hydrogen) atoms. The van der Waals surface area contributed by atoms with Gasteiger partial charge in [0.25, 0.3) is 0 Å². The van der Waals surface area contributed by atoms with Gasteiger partial charge in [0.15, 0.2) is 0 Å². The van der Waals surface area contributed by atoms with Crippen LogP contribution in [0.25, 0.3) is 0 Å². The molecular formula is C30H41ClN4O4. The van der Waals surface area contributed by atoms with Crippen molar-refractivity contribution in [2.24, 2.45) is 23.7 Å². The highest BCUT2D eigenvalue weighted by Gasteiger charge is 2.72. The Morgan fingerprint density at radius 3 is 2.54 bits per heavy atom. The fourth-order valence-electron chi connectivity index (χ4n) is 7.10. The molecule has 2 saturated heterocycles. The monoisotopic (exact) mass is 556 g/mol. The van der Waals surface area contributed by atoms with Crippen LogP contribution in [-0.4, -0.2) is 77.5 Å². The molecule has 2 N–H and O–H groups in total. The maximum absolute atomic E-state index is 14.1. The van der Waals surface area contributed by atoms with Gasteiger partial charge in [-0.15, -0.1) is 0 Å². The highest BCUT2D eigenvalue weighted by Crippen LogP contribution is 2.55. The van der Waals surface area contributed by atoms with Gasteiger partial charge in [-0.1, -0.05) is 64.3 Å². The molecule has 3 heterocycles. The molecular weight excluding hydrogens is 516 g/mol. The molecule has 0 radical (unpaired) electrons. The van der Waals surface area contributed by atoms with Crippen molar-refractivity contribution in [2.75, 3.05) is 31.5 Å². The number of rotatable bonds is 9. The molecule has 0 aromatic heterocycles. The van der Waals surface area contributed by atoms with E-state index in [0.29, 0.717) is 35.6 Å². The van der Waals surface area contributed by atoms with Gasteiger partial charge in [0.05, 0.1) is 17.9 Å². The number of halogens is 1. The summed E-state index contributed by atoms with van der Waals surface area (Å²) in [6.07, 6.45) is 6.34. The van der Waals surface area contributed by atoms with Crippen LogP contribution in [0.3, 0.4) is 0 Å². The van der Waals surface area contributed by atoms with Crippen molar-refractivity contribution in [2.45, 2.75) is 70.7 Å². The average Bonchev–Trinajstić information content (AvgIpc) is 3.56. The predicted octanol–water partition coefficient (Wildman–Crippen LogP) is 3.71. The fraction of sp³-hybridized carbons (Fsp3) is 0.633. The number of hydrogen-bond acceptors (Lipinski definition) is 5. The molecule has 2 bridgehead atoms. The number of likely N-dealkylation sites (tertiary alicyclic amines) is 1. The Morgan fingerprint density at radius 2 is 1.85 bits per heavy atom. The minimum absolute atomic E-state index is 0.0583. The van der Waals surface area contributed by atoms with Gasteiger partial charge in [-0.05, 0) is 55.6 Å². The van der Waals surface area contributed by atoms with E-state index in [1.165, 1.54) is 0 Å². The lowest BCUT2D eigenvalue weighted by molar-refractivity contribution is -0.141. The smallest absolute Gasteiger partial charge is 0.246 e. The van der Waals surface area contributed by atoms with Crippen molar-refractivity contribution in [3.63, 3.8) is 0 Å². The topological polar surface area (TPSA) is 91.0 Å². The van der Waals surface area contributed by atoms with Crippen molar-refractivity contribution in [3.05, 3.63) is 41.4 Å². The molecule has 3 amide bonds. The number of hydrogen-bond donors (Lipinski definition) is 2. The van der Waals surface area contributed by atoms with Gasteiger partial charge >= 0.3 is 0 Å². The van der Waals surface area contributed by atoms with Crippen LogP contribution in [0.2, 0.25) is 5.02 Å². The molecule has 1 saturated carbocycles. The standard InChI is InChI=1S/C30H41ClN4O4/c1-5-34(6-2)16-17-35-26(28(37)33-22-9-7-8-18(3)19(22)4)30-15-14-23(39-30)24(25(30)29(35)38)27(36)32-21-12-10-20(31)11-13-21/h10-15,18-19,22-26H,5-9,16-17H2,1-4H3,(H,32,36)(H,33,37)/t18-,19+,22+,23-,24+,25-,26-,30-/m0/s1. The van der Waals surface area contributed by atoms with E-state index in [-0.39, 0.29) is 23.8 Å². The van der Waals surface area contributed by atoms with E-state index in [1.54, 1.807) is 29.2 Å². The van der Waals surface area contributed by atoms with Crippen LogP contribution in [-0.2, 0) is 19.1 Å². The van der Waals surface area contributed by atoms with Crippen molar-refractivity contribution >= 4 is 35.0 Å². The van der Waals surface area contributed by atoms with E-state index in [2.05, 4.69) is 43.2 Å². The molecule has 9 heteroatoms. The first-order valence-corrected chi connectivity index (χ1v) is 14.8. The summed E-state index contributed by atoms with van der Waals surface area (Å²) in [5.41, 5.74) is -0.551. The zero-order valence-corrected chi connectivity index (χ0v) is 24.1. The molecule has 1 spiro atoms. The molecule has 8 nitrogen and oxygen atoms in total. The molecule has 5 rings (SSSR count). The molecule has 3 fully saturated rings. The molecule has 1 aromatic rings. The minimum atomic E-state index is -1.15. The van der Waals surface area contributed by atoms with E-state index in [1.807, 2.05) is 12.2 Å². The summed E-state index contributed by atoms with van der Waals surface area (Å²) in [4.78, 5) is 45.7. The quantitative estimate of drug-likeness (QED) is 0.453. The average molecular weight is 557 g/mol. The van der Waals surface area contributed by atoms with Gasteiger partial charge in [0.1, 0.15) is 11.6 Å². The van der Waals surface area contributed by atoms with Gasteiger partial charge < -0.3 is 25.2 Å². The number of anilines is 1. The van der Waals surface area contributed by atoms with Gasteiger partial charge in [-0.2, -0.15) is 0 Å². The van der Waals surface area contributed by atoms with Crippen molar-refractivity contribution in [1.82, 2.24) is 15.1 Å². The van der Waals surface area contributed by atoms with Gasteiger partial charge in [0, 0.05) is 29.8 Å². The summed E-state index contributed by atoms with van der Waals surface area (Å²) >= 11 is 6.01. The van der Waals surface area contributed by atoms with Crippen LogP contribution in [0.15, 0.2) is 36.4 Å². The number of carbonyl (C=O) groups excluding carboxylic acids is 3. The largest absolute Gasteiger partial charge is 0.359 e. The Kier molecular flexibility index (Phi) is 8.09. The number of likely N-dealkylation sites (N-methyl/N-ethyl adjacent to an activating group) is 1. The summed E-state index contributed by atoms with van der Waals surface area (Å²) in [5, 5.41) is 6.82. The number of benzene rings is 1. The first-order chi connectivity index (χ1) is 18.7. The Morgan fingerprint density at radius 1 is 1.13 bits per heavy atom. The molecule has 3 aliphatic heterocycles. The number of carbonyl (C=O) groups is 3. The van der Waals surface area contributed by atoms with E-state index >= 15 is 0 Å². The number of amides is 3. The number of fused-ring (bicyclic) bond motifs is 1. The third-order valence-electron chi connectivity index (χ3n) is 9.62. The number of nitrogens with one attached hydrogen (secondary N) is 2. The highest BCUT2D eigenvalue weighted by atomic mass is 35.5. The lowest BCUT2D eigenvalue weighted by atomic mass is 9.73. The maximum Gasteiger partial charge on any atom is 0.246 e. The third-order valence-corrected chi connectivity index (χ3v) is 9.87. The fourth-order valence-corrected chi connectivity index (χ4v) is 7.23. The van der Waals surface area contributed by atoms with Gasteiger partial charge in [-0.3, -0.25) is 14.4 Å². The van der Waals surface area contributed by atoms with Crippen molar-refractivity contribution < 1.29 is 19.1 Å². The Hall–Kier alpha value is -2.42. The number of ether oxygens (including phenoxy) is 1. The summed E-state index contributed by atoms with van der Waals surface area (Å²) in [6, 6.07) is 6.12. The van der Waals surface area contributed by atoms with E-state index in [9.17, 15) is 14.4 Å². The lowest BCUT2D eigenvalue weighted by Gasteiger charge is -2.38. The van der Waals surface area contributed by atoms with E-state index < -0.39 is 29.6 Å². The summed E-state index contributed by atoms with van der Waals surface area (Å²) in [5.74, 6) is -1.25. The Labute approximate surface area is 236 Å². The van der Waals surface area contributed by atoms with E-state index in [0.717, 1.165) is 32.4 Å². The third kappa shape index (κ3) is 5.00. The first kappa shape index (κ1) is 28.1. The number of nitrogens with zero attached hydrogens (tertiary/aromatic N) is 2. The summed E-state index contributed by atoms with van der Waals surface area (Å²) in [7, 11) is 0. The Balaban J connectivity index is 1.43. The highest BCUT2D eigenvalue weighted by molar-refractivity contribution is 6.30. The van der Waals surface area contributed by atoms with Crippen LogP contribution in [0, 0.1) is 23.7 Å². The lowest BCUT2D eigenvalue weighted by Crippen LogP contribution is -2.58. The van der Waals surface area contributed by atoms with Crippen LogP contribution in [0.4, 0.5) is 5.69 Å². The summed E-state index contributed by atoms with van der Waals surface area (Å²) in [6.45, 7) is 11.4. The Bertz CT molecular complexity index is 1120. The summed E-state index contributed by atoms with van der Waals surface area (Å²) < 4.78 is 6.48. The molecule has 1 aromatic carbocycles. The zero-order chi connectivity index (χ0) is 27.9. The zero-order valence-electron chi connectivity index (χ0n) is 23.4. The normalized spacial score (nSPS) is 35.0. The van der Waals surface area contributed by atoms with Crippen LogP contribution in [0.1, 0.15) is 47.0 Å². The van der Waals surface area contributed by atoms with Crippen LogP contribution >= 0.6 is 11.6 Å². The SMILES string of the molecule is CCN(CC)CCN1C(=O)[C@@H]2[C@H](C(=O)Nc3ccc(Cl)cc3)[C@@H]3C=C[C@@]2(O3)[C@@H]1C(=O)N[C@@H]1CCC[C@H](C)[C@H]1C. The van der Waals surface area contributed by atoms with Crippen LogP contribution in [0.5, 0.6) is 0 Å². The van der Waals surface area contributed by atoms with Gasteiger partial charge in [0.2, 0.25) is 17.7 Å². The van der Waals surface area contributed by atoms with Crippen molar-refractivity contribution in [1.29, 1.82) is 0 Å². The second-order valence-corrected chi connectivity index (χ2v) is 12.1.